The lowest BCUT2D eigenvalue weighted by Crippen LogP contribution is -2.55. The molecule has 0 aliphatic heterocycles. The van der Waals surface area contributed by atoms with Crippen LogP contribution in [0.15, 0.2) is 78.9 Å². The minimum Gasteiger partial charge on any atom is -0.484 e. The van der Waals surface area contributed by atoms with E-state index in [9.17, 15) is 9.59 Å². The Morgan fingerprint density at radius 3 is 2.03 bits per heavy atom. The Morgan fingerprint density at radius 1 is 0.886 bits per heavy atom. The Labute approximate surface area is 217 Å². The summed E-state index contributed by atoms with van der Waals surface area (Å²) in [4.78, 5) is 28.6. The average Bonchev–Trinajstić information content (AvgIpc) is 2.81. The number of carbonyl (C=O) groups is 2. The number of para-hydroxylation sites is 1. The second kappa shape index (κ2) is 12.1. The molecule has 0 bridgehead atoms. The van der Waals surface area contributed by atoms with Crippen molar-refractivity contribution in [2.75, 3.05) is 6.61 Å². The first-order valence-corrected chi connectivity index (χ1v) is 12.2. The van der Waals surface area contributed by atoms with Crippen molar-refractivity contribution in [3.05, 3.63) is 100 Å². The molecule has 35 heavy (non-hydrogen) atoms. The van der Waals surface area contributed by atoms with Crippen molar-refractivity contribution < 1.29 is 14.3 Å². The van der Waals surface area contributed by atoms with E-state index in [0.717, 1.165) is 5.56 Å². The number of amides is 2. The molecule has 0 radical (unpaired) electrons. The fourth-order valence-corrected chi connectivity index (χ4v) is 4.12. The molecule has 5 nitrogen and oxygen atoms in total. The van der Waals surface area contributed by atoms with E-state index in [1.165, 1.54) is 4.90 Å². The summed E-state index contributed by atoms with van der Waals surface area (Å²) >= 11 is 12.9. The topological polar surface area (TPSA) is 58.6 Å². The van der Waals surface area contributed by atoms with Gasteiger partial charge < -0.3 is 15.0 Å². The minimum atomic E-state index is -0.809. The number of nitrogens with one attached hydrogen (secondary N) is 1. The SMILES string of the molecule is CC(C)(C)NC(=O)C(Cc1ccccc1)N(Cc1c(Cl)cccc1Cl)C(=O)COc1ccccc1. The summed E-state index contributed by atoms with van der Waals surface area (Å²) in [6, 6.07) is 23.0. The van der Waals surface area contributed by atoms with Crippen LogP contribution in [-0.2, 0) is 22.6 Å². The van der Waals surface area contributed by atoms with Gasteiger partial charge in [-0.2, -0.15) is 0 Å². The Morgan fingerprint density at radius 2 is 1.46 bits per heavy atom. The second-order valence-electron chi connectivity index (χ2n) is 9.27. The molecule has 0 aliphatic carbocycles. The van der Waals surface area contributed by atoms with E-state index in [-0.39, 0.29) is 25.0 Å². The molecule has 0 saturated carbocycles. The van der Waals surface area contributed by atoms with Gasteiger partial charge in [0.15, 0.2) is 6.61 Å². The molecule has 1 atom stereocenters. The maximum Gasteiger partial charge on any atom is 0.261 e. The van der Waals surface area contributed by atoms with Crippen LogP contribution in [0.25, 0.3) is 0 Å². The Bertz CT molecular complexity index is 1110. The van der Waals surface area contributed by atoms with Crippen molar-refractivity contribution >= 4 is 35.0 Å². The van der Waals surface area contributed by atoms with Crippen LogP contribution in [0.5, 0.6) is 5.75 Å². The van der Waals surface area contributed by atoms with Crippen LogP contribution < -0.4 is 10.1 Å². The molecule has 0 fully saturated rings. The molecule has 1 unspecified atom stereocenters. The molecule has 3 rings (SSSR count). The van der Waals surface area contributed by atoms with E-state index in [0.29, 0.717) is 27.8 Å². The van der Waals surface area contributed by atoms with Gasteiger partial charge in [0.2, 0.25) is 5.91 Å². The number of rotatable bonds is 9. The van der Waals surface area contributed by atoms with E-state index >= 15 is 0 Å². The fourth-order valence-electron chi connectivity index (χ4n) is 3.61. The predicted molar refractivity (Wildman–Crippen MR) is 141 cm³/mol. The zero-order chi connectivity index (χ0) is 25.4. The number of hydrogen-bond acceptors (Lipinski definition) is 3. The lowest BCUT2D eigenvalue weighted by molar-refractivity contribution is -0.143. The zero-order valence-corrected chi connectivity index (χ0v) is 21.6. The summed E-state index contributed by atoms with van der Waals surface area (Å²) in [5.74, 6) is -0.0530. The van der Waals surface area contributed by atoms with Gasteiger partial charge in [-0.3, -0.25) is 9.59 Å². The maximum atomic E-state index is 13.6. The summed E-state index contributed by atoms with van der Waals surface area (Å²) in [6.45, 7) is 5.53. The van der Waals surface area contributed by atoms with Crippen molar-refractivity contribution in [2.45, 2.75) is 45.3 Å². The minimum absolute atomic E-state index is 0.0601. The smallest absolute Gasteiger partial charge is 0.261 e. The molecule has 0 saturated heterocycles. The molecule has 184 valence electrons. The highest BCUT2D eigenvalue weighted by atomic mass is 35.5. The van der Waals surface area contributed by atoms with Crippen LogP contribution in [0.4, 0.5) is 0 Å². The molecule has 0 heterocycles. The van der Waals surface area contributed by atoms with Crippen molar-refractivity contribution in [2.24, 2.45) is 0 Å². The van der Waals surface area contributed by atoms with Gasteiger partial charge in [-0.05, 0) is 50.6 Å². The third kappa shape index (κ3) is 8.01. The first-order valence-electron chi connectivity index (χ1n) is 11.4. The van der Waals surface area contributed by atoms with Gasteiger partial charge >= 0.3 is 0 Å². The quantitative estimate of drug-likeness (QED) is 0.386. The van der Waals surface area contributed by atoms with Crippen LogP contribution in [0.3, 0.4) is 0 Å². The largest absolute Gasteiger partial charge is 0.484 e. The molecule has 0 aromatic heterocycles. The van der Waals surface area contributed by atoms with Crippen molar-refractivity contribution in [3.63, 3.8) is 0 Å². The third-order valence-corrected chi connectivity index (χ3v) is 5.97. The van der Waals surface area contributed by atoms with Crippen molar-refractivity contribution in [1.29, 1.82) is 0 Å². The first kappa shape index (κ1) is 26.6. The summed E-state index contributed by atoms with van der Waals surface area (Å²) in [6.07, 6.45) is 0.321. The number of nitrogens with zero attached hydrogens (tertiary/aromatic N) is 1. The van der Waals surface area contributed by atoms with E-state index < -0.39 is 11.6 Å². The lowest BCUT2D eigenvalue weighted by atomic mass is 10.0. The fraction of sp³-hybridized carbons (Fsp3) is 0.286. The van der Waals surface area contributed by atoms with Crippen LogP contribution in [0.1, 0.15) is 31.9 Å². The monoisotopic (exact) mass is 512 g/mol. The number of halogens is 2. The molecular weight excluding hydrogens is 483 g/mol. The molecule has 0 aliphatic rings. The number of hydrogen-bond donors (Lipinski definition) is 1. The van der Waals surface area contributed by atoms with Crippen LogP contribution in [0, 0.1) is 0 Å². The summed E-state index contributed by atoms with van der Waals surface area (Å²) in [5.41, 5.74) is 1.02. The highest BCUT2D eigenvalue weighted by Crippen LogP contribution is 2.27. The molecule has 2 amide bonds. The Hall–Kier alpha value is -3.02. The standard InChI is InChI=1S/C28H30Cl2N2O3/c1-28(2,3)31-27(34)25(17-20-11-6-4-7-12-20)32(18-22-23(29)15-10-16-24(22)30)26(33)19-35-21-13-8-5-9-14-21/h4-16,25H,17-19H2,1-3H3,(H,31,34). The van der Waals surface area contributed by atoms with Gasteiger partial charge in [0.25, 0.3) is 5.91 Å². The summed E-state index contributed by atoms with van der Waals surface area (Å²) < 4.78 is 5.74. The van der Waals surface area contributed by atoms with Crippen LogP contribution in [0.2, 0.25) is 10.0 Å². The van der Waals surface area contributed by atoms with Crippen LogP contribution in [-0.4, -0.2) is 34.9 Å². The zero-order valence-electron chi connectivity index (χ0n) is 20.1. The van der Waals surface area contributed by atoms with Crippen LogP contribution >= 0.6 is 23.2 Å². The molecule has 0 spiro atoms. The van der Waals surface area contributed by atoms with Gasteiger partial charge in [0, 0.05) is 34.1 Å². The normalized spacial score (nSPS) is 12.0. The molecule has 1 N–H and O–H groups in total. The van der Waals surface area contributed by atoms with Gasteiger partial charge in [0.05, 0.1) is 0 Å². The summed E-state index contributed by atoms with van der Waals surface area (Å²) in [7, 11) is 0. The lowest BCUT2D eigenvalue weighted by Gasteiger charge is -2.34. The van der Waals surface area contributed by atoms with E-state index in [4.69, 9.17) is 27.9 Å². The van der Waals surface area contributed by atoms with Crippen molar-refractivity contribution in [3.8, 4) is 5.75 Å². The van der Waals surface area contributed by atoms with Gasteiger partial charge in [0.1, 0.15) is 11.8 Å². The number of carbonyl (C=O) groups excluding carboxylic acids is 2. The summed E-state index contributed by atoms with van der Waals surface area (Å²) in [5, 5.41) is 3.87. The average molecular weight is 513 g/mol. The Balaban J connectivity index is 1.97. The number of ether oxygens (including phenoxy) is 1. The highest BCUT2D eigenvalue weighted by molar-refractivity contribution is 6.36. The second-order valence-corrected chi connectivity index (χ2v) is 10.1. The number of benzene rings is 3. The molecule has 3 aromatic rings. The van der Waals surface area contributed by atoms with E-state index in [1.54, 1.807) is 30.3 Å². The van der Waals surface area contributed by atoms with E-state index in [1.807, 2.05) is 69.3 Å². The third-order valence-electron chi connectivity index (χ3n) is 5.26. The van der Waals surface area contributed by atoms with Gasteiger partial charge in [-0.15, -0.1) is 0 Å². The first-order chi connectivity index (χ1) is 16.6. The van der Waals surface area contributed by atoms with E-state index in [2.05, 4.69) is 5.32 Å². The highest BCUT2D eigenvalue weighted by Gasteiger charge is 2.33. The maximum absolute atomic E-state index is 13.6. The predicted octanol–water partition coefficient (Wildman–Crippen LogP) is 5.93. The molecule has 3 aromatic carbocycles. The molecule has 7 heteroatoms. The van der Waals surface area contributed by atoms with Crippen molar-refractivity contribution in [1.82, 2.24) is 10.2 Å². The molecular formula is C28H30Cl2N2O3. The Kier molecular flexibility index (Phi) is 9.19. The van der Waals surface area contributed by atoms with Gasteiger partial charge in [-0.1, -0.05) is 77.8 Å². The van der Waals surface area contributed by atoms with Gasteiger partial charge in [-0.25, -0.2) is 0 Å².